The van der Waals surface area contributed by atoms with Crippen molar-refractivity contribution in [2.24, 2.45) is 0 Å². The number of benzene rings is 11. The van der Waals surface area contributed by atoms with Crippen molar-refractivity contribution in [2.45, 2.75) is 84.6 Å². The molecule has 0 fully saturated rings. The molecule has 0 aliphatic rings. The topological polar surface area (TPSA) is 301 Å². The van der Waals surface area contributed by atoms with Gasteiger partial charge in [0.25, 0.3) is 5.92 Å². The molecule has 11 aromatic carbocycles. The second-order valence-corrected chi connectivity index (χ2v) is 30.9. The number of aryl methyl sites for hydroxylation is 1. The smallest absolute Gasteiger partial charge is 0.416 e. The van der Waals surface area contributed by atoms with Crippen LogP contribution in [-0.2, 0) is 25.3 Å². The number of hydrogen-bond acceptors (Lipinski definition) is 18. The van der Waals surface area contributed by atoms with Gasteiger partial charge < -0.3 is 61.3 Å². The van der Waals surface area contributed by atoms with Gasteiger partial charge in [0.15, 0.2) is 0 Å². The van der Waals surface area contributed by atoms with Crippen LogP contribution >= 0.6 is 71.4 Å². The highest BCUT2D eigenvalue weighted by molar-refractivity contribution is 8.03. The summed E-state index contributed by atoms with van der Waals surface area (Å²) < 4.78 is 70.8. The Balaban J connectivity index is 0.000000251. The van der Waals surface area contributed by atoms with Crippen molar-refractivity contribution in [3.05, 3.63) is 340 Å². The second-order valence-electron chi connectivity index (χ2n) is 25.2. The number of thiol groups is 1. The quantitative estimate of drug-likeness (QED) is 0.00713. The van der Waals surface area contributed by atoms with E-state index in [0.717, 1.165) is 63.6 Å². The van der Waals surface area contributed by atoms with E-state index in [9.17, 15) is 66.4 Å². The lowest BCUT2D eigenvalue weighted by Gasteiger charge is -2.15. The zero-order valence-corrected chi connectivity index (χ0v) is 70.0. The fourth-order valence-corrected chi connectivity index (χ4v) is 14.9. The number of thioether (sulfide) groups is 4. The number of nitrogens with one attached hydrogen (secondary N) is 2. The van der Waals surface area contributed by atoms with Gasteiger partial charge in [0.05, 0.1) is 69.8 Å². The van der Waals surface area contributed by atoms with Crippen LogP contribution in [0.4, 0.5) is 44.7 Å². The van der Waals surface area contributed by atoms with Gasteiger partial charge in [-0.1, -0.05) is 195 Å². The third-order valence-electron chi connectivity index (χ3n) is 16.2. The zero-order valence-electron chi connectivity index (χ0n) is 65.0. The van der Waals surface area contributed by atoms with Crippen molar-refractivity contribution in [3.8, 4) is 11.5 Å². The number of aliphatic hydroxyl groups is 4. The van der Waals surface area contributed by atoms with E-state index in [-0.39, 0.29) is 51.0 Å². The maximum absolute atomic E-state index is 13.4. The molecule has 1 atom stereocenters. The first kappa shape index (κ1) is 97.9. The number of aliphatic hydroxyl groups excluding tert-OH is 4. The Bertz CT molecular complexity index is 4860. The Hall–Kier alpha value is -10.7. The van der Waals surface area contributed by atoms with Crippen molar-refractivity contribution in [1.82, 2.24) is 0 Å². The lowest BCUT2D eigenvalue weighted by Crippen LogP contribution is -2.10. The molecule has 11 rings (SSSR count). The molecule has 622 valence electrons. The number of anilines is 4. The molecular weight excluding hydrogens is 1640 g/mol. The molecule has 0 saturated heterocycles. The van der Waals surface area contributed by atoms with Gasteiger partial charge in [0.1, 0.15) is 17.3 Å². The number of hydrogen-bond donors (Lipinski definition) is 12. The van der Waals surface area contributed by atoms with Gasteiger partial charge in [-0.25, -0.2) is 32.8 Å². The van der Waals surface area contributed by atoms with Crippen molar-refractivity contribution in [1.29, 1.82) is 0 Å². The number of rotatable bonds is 28. The first-order chi connectivity index (χ1) is 56.3. The lowest BCUT2D eigenvalue weighted by molar-refractivity contribution is -0.137. The number of alkyl halides is 5. The van der Waals surface area contributed by atoms with Gasteiger partial charge in [-0.15, -0.1) is 23.5 Å². The maximum Gasteiger partial charge on any atom is 0.416 e. The standard InChI is InChI=1S/C17H11F5O4S.C17H20OS.C14H11NO4.C14H14O3.C13H13NS.C10H10O3.C5H12S3/c1-16(18,19)8-2-4-12(10(6-8)14(23)24)27-13-5-3-9(17(20,21)22)7-11(13)15(25)26;1-13(2)15-10-6-7-11-17(15)19-12-16(18)14-8-4-3-5-9-14;16-13(17)9-5-1-3-7-11(9)15-12-8-4-2-6-10(12)14(18)19;15-9-11-5-1-3-7-13(11)17-14-8-4-2-6-12(14)10-16;1-15-13-10-6-5-9-12(13)14-11-7-3-2-4-8-11;1-6-3-4-8(7(2)11)9(5-6)10(12)13;1-7-4-5-8-3-2-6/h2-7H,1H3,(H,23,24)(H,25,26);3-11,13,16,18H,12H2,1-2H3;1-8,15H,(H,16,17)(H,18,19);1-8,15-16H,9-10H2;2-10,14H,1H3;3-5,11H,2H2,1H3,(H,12,13);6H,2-5H2,1H3. The molecule has 11 N–H and O–H groups in total. The molecule has 0 aliphatic carbocycles. The second kappa shape index (κ2) is 50.8. The maximum atomic E-state index is 13.4. The van der Waals surface area contributed by atoms with Gasteiger partial charge >= 0.3 is 36.0 Å². The third kappa shape index (κ3) is 33.0. The summed E-state index contributed by atoms with van der Waals surface area (Å²) in [6.07, 6.45) is -0.938. The average Bonchev–Trinajstić information content (AvgIpc) is 0.795. The summed E-state index contributed by atoms with van der Waals surface area (Å²) >= 11 is 12.0. The van der Waals surface area contributed by atoms with Crippen LogP contribution in [-0.4, -0.2) is 117 Å². The molecule has 0 saturated carbocycles. The Morgan fingerprint density at radius 1 is 0.475 bits per heavy atom. The van der Waals surface area contributed by atoms with Crippen LogP contribution in [0.1, 0.15) is 129 Å². The Morgan fingerprint density at radius 3 is 1.39 bits per heavy atom. The lowest BCUT2D eigenvalue weighted by atomic mass is 10.0. The highest BCUT2D eigenvalue weighted by atomic mass is 32.2. The predicted molar refractivity (Wildman–Crippen MR) is 470 cm³/mol. The van der Waals surface area contributed by atoms with Gasteiger partial charge in [-0.3, -0.25) is 0 Å². The summed E-state index contributed by atoms with van der Waals surface area (Å²) in [5.74, 6) is -2.73. The summed E-state index contributed by atoms with van der Waals surface area (Å²) in [5.41, 5.74) is 5.18. The van der Waals surface area contributed by atoms with E-state index in [1.165, 1.54) is 50.8 Å². The molecule has 17 nitrogen and oxygen atoms in total. The summed E-state index contributed by atoms with van der Waals surface area (Å²) in [4.78, 5) is 57.8. The van der Waals surface area contributed by atoms with E-state index < -0.39 is 70.3 Å². The highest BCUT2D eigenvalue weighted by Crippen LogP contribution is 2.40. The number of carboxylic acid groups (broad SMARTS) is 5. The molecule has 0 aliphatic heterocycles. The highest BCUT2D eigenvalue weighted by Gasteiger charge is 2.33. The first-order valence-corrected chi connectivity index (χ1v) is 42.1. The van der Waals surface area contributed by atoms with Crippen molar-refractivity contribution in [3.63, 3.8) is 0 Å². The van der Waals surface area contributed by atoms with Crippen LogP contribution in [0, 0.1) is 6.92 Å². The van der Waals surface area contributed by atoms with E-state index >= 15 is 0 Å². The number of aromatic carboxylic acids is 5. The normalized spacial score (nSPS) is 10.8. The van der Waals surface area contributed by atoms with Crippen molar-refractivity contribution in [2.75, 3.05) is 51.9 Å². The summed E-state index contributed by atoms with van der Waals surface area (Å²) in [5, 5.41) is 89.2. The molecule has 28 heteroatoms. The molecule has 0 heterocycles. The minimum absolute atomic E-state index is 0.0720. The van der Waals surface area contributed by atoms with Crippen molar-refractivity contribution >= 4 is 130 Å². The van der Waals surface area contributed by atoms with Gasteiger partial charge in [0.2, 0.25) is 0 Å². The predicted octanol–water partition coefficient (Wildman–Crippen LogP) is 23.7. The van der Waals surface area contributed by atoms with E-state index in [4.69, 9.17) is 30.3 Å². The number of para-hydroxylation sites is 6. The molecule has 0 spiro atoms. The average molecular weight is 1730 g/mol. The monoisotopic (exact) mass is 1730 g/mol. The van der Waals surface area contributed by atoms with Crippen LogP contribution in [0.5, 0.6) is 11.5 Å². The number of carboxylic acids is 5. The van der Waals surface area contributed by atoms with E-state index in [1.54, 1.807) is 103 Å². The largest absolute Gasteiger partial charge is 0.508 e. The zero-order chi connectivity index (χ0) is 86.9. The number of carbonyl (C=O) groups is 5. The Morgan fingerprint density at radius 2 is 0.924 bits per heavy atom. The molecule has 118 heavy (non-hydrogen) atoms. The summed E-state index contributed by atoms with van der Waals surface area (Å²) in [7, 11) is 0. The minimum Gasteiger partial charge on any atom is -0.508 e. The Kier molecular flexibility index (Phi) is 42.2. The molecule has 11 aromatic rings. The molecule has 0 aromatic heterocycles. The fraction of sp³-hybridized carbons (Fsp3) is 0.189. The first-order valence-electron chi connectivity index (χ1n) is 35.9. The number of halogens is 5. The van der Waals surface area contributed by atoms with Gasteiger partial charge in [-0.2, -0.15) is 49.3 Å². The van der Waals surface area contributed by atoms with Crippen LogP contribution < -0.4 is 15.4 Å². The van der Waals surface area contributed by atoms with Crippen molar-refractivity contribution < 1.29 is 96.6 Å². The van der Waals surface area contributed by atoms with Crippen LogP contribution in [0.25, 0.3) is 5.76 Å². The van der Waals surface area contributed by atoms with Gasteiger partial charge in [0, 0.05) is 77.5 Å². The summed E-state index contributed by atoms with van der Waals surface area (Å²) in [6, 6.07) is 73.6. The molecule has 0 bridgehead atoms. The Labute approximate surface area is 709 Å². The van der Waals surface area contributed by atoms with Crippen LogP contribution in [0.3, 0.4) is 0 Å². The molecule has 0 radical (unpaired) electrons. The molecule has 1 unspecified atom stereocenters. The molecule has 0 amide bonds. The van der Waals surface area contributed by atoms with E-state index in [0.29, 0.717) is 65.4 Å². The van der Waals surface area contributed by atoms with E-state index in [1.807, 2.05) is 102 Å². The third-order valence-corrected chi connectivity index (χ3v) is 21.7. The van der Waals surface area contributed by atoms with Crippen LogP contribution in [0.15, 0.2) is 287 Å². The van der Waals surface area contributed by atoms with E-state index in [2.05, 4.69) is 111 Å². The fourth-order valence-electron chi connectivity index (χ4n) is 10.3. The SMILES string of the molecule is C=C(O)c1ccc(C)cc1C(=O)O.CC(C)c1ccccc1SCC(O)c1ccccc1.CC(F)(F)c1ccc(Sc2ccc(C(F)(F)F)cc2C(=O)O)c(C(=O)O)c1.CSCCSCCS.CSc1ccccc1Nc1ccccc1.O=C(O)c1ccccc1Nc1ccccc1C(=O)O.OCc1ccccc1Oc1ccccc1CO. The number of ether oxygens (including phenoxy) is 1. The summed E-state index contributed by atoms with van der Waals surface area (Å²) in [6.45, 7) is 9.92. The van der Waals surface area contributed by atoms with Crippen LogP contribution in [0.2, 0.25) is 0 Å². The minimum atomic E-state index is -4.76. The van der Waals surface area contributed by atoms with Gasteiger partial charge in [-0.05, 0) is 145 Å². The molecular formula is C90H91F5N2O15S6.